The highest BCUT2D eigenvalue weighted by atomic mass is 32.1. The van der Waals surface area contributed by atoms with Crippen molar-refractivity contribution in [2.45, 2.75) is 18.6 Å². The van der Waals surface area contributed by atoms with Crippen molar-refractivity contribution in [3.63, 3.8) is 0 Å². The molecule has 0 spiro atoms. The molecule has 3 rings (SSSR count). The van der Waals surface area contributed by atoms with Gasteiger partial charge in [-0.25, -0.2) is 9.37 Å². The van der Waals surface area contributed by atoms with Crippen LogP contribution in [0.4, 0.5) is 4.39 Å². The molecule has 0 aliphatic carbocycles. The molecule has 1 aliphatic heterocycles. The molecule has 0 saturated heterocycles. The molecule has 1 aromatic heterocycles. The van der Waals surface area contributed by atoms with Gasteiger partial charge in [0.25, 0.3) is 0 Å². The van der Waals surface area contributed by atoms with E-state index in [9.17, 15) is 9.50 Å². The first-order valence-electron chi connectivity index (χ1n) is 5.27. The van der Waals surface area contributed by atoms with Gasteiger partial charge in [0.15, 0.2) is 6.10 Å². The van der Waals surface area contributed by atoms with Crippen molar-refractivity contribution in [2.24, 2.45) is 0 Å². The highest BCUT2D eigenvalue weighted by molar-refractivity contribution is 7.09. The minimum Gasteiger partial charge on any atom is -0.483 e. The van der Waals surface area contributed by atoms with Crippen LogP contribution in [0, 0.1) is 5.82 Å². The van der Waals surface area contributed by atoms with Crippen molar-refractivity contribution < 1.29 is 14.2 Å². The SMILES string of the molecule is OC1CC(c2nccs2)Oc2cc(F)ccc21. The number of aliphatic hydroxyl groups excluding tert-OH is 1. The van der Waals surface area contributed by atoms with E-state index in [1.807, 2.05) is 5.38 Å². The smallest absolute Gasteiger partial charge is 0.153 e. The third-order valence-electron chi connectivity index (χ3n) is 2.77. The van der Waals surface area contributed by atoms with E-state index in [2.05, 4.69) is 4.98 Å². The molecular formula is C12H10FNO2S. The lowest BCUT2D eigenvalue weighted by molar-refractivity contribution is 0.0652. The van der Waals surface area contributed by atoms with Crippen molar-refractivity contribution in [3.8, 4) is 5.75 Å². The zero-order chi connectivity index (χ0) is 11.8. The minimum atomic E-state index is -0.631. The van der Waals surface area contributed by atoms with Gasteiger partial charge in [-0.15, -0.1) is 11.3 Å². The molecule has 2 heterocycles. The number of thiazole rings is 1. The molecule has 5 heteroatoms. The third-order valence-corrected chi connectivity index (χ3v) is 3.64. The van der Waals surface area contributed by atoms with Crippen LogP contribution >= 0.6 is 11.3 Å². The van der Waals surface area contributed by atoms with E-state index in [1.165, 1.54) is 23.5 Å². The third kappa shape index (κ3) is 1.92. The number of benzene rings is 1. The Bertz CT molecular complexity index is 529. The van der Waals surface area contributed by atoms with Crippen LogP contribution in [0.2, 0.25) is 0 Å². The van der Waals surface area contributed by atoms with Gasteiger partial charge >= 0.3 is 0 Å². The molecule has 0 amide bonds. The molecule has 2 aromatic rings. The van der Waals surface area contributed by atoms with Crippen molar-refractivity contribution >= 4 is 11.3 Å². The van der Waals surface area contributed by atoms with Gasteiger partial charge in [-0.05, 0) is 12.1 Å². The Balaban J connectivity index is 1.97. The second-order valence-electron chi connectivity index (χ2n) is 3.91. The summed E-state index contributed by atoms with van der Waals surface area (Å²) in [5, 5.41) is 12.7. The van der Waals surface area contributed by atoms with Crippen LogP contribution in [0.15, 0.2) is 29.8 Å². The van der Waals surface area contributed by atoms with Crippen LogP contribution in [0.3, 0.4) is 0 Å². The molecule has 0 fully saturated rings. The predicted molar refractivity (Wildman–Crippen MR) is 61.5 cm³/mol. The molecule has 17 heavy (non-hydrogen) atoms. The molecule has 1 N–H and O–H groups in total. The van der Waals surface area contributed by atoms with Crippen LogP contribution in [0.25, 0.3) is 0 Å². The van der Waals surface area contributed by atoms with Crippen LogP contribution in [-0.2, 0) is 0 Å². The predicted octanol–water partition coefficient (Wildman–Crippen LogP) is 2.84. The number of ether oxygens (including phenoxy) is 1. The summed E-state index contributed by atoms with van der Waals surface area (Å²) < 4.78 is 18.8. The summed E-state index contributed by atoms with van der Waals surface area (Å²) in [6.07, 6.45) is 1.22. The van der Waals surface area contributed by atoms with E-state index in [0.29, 0.717) is 17.7 Å². The number of hydrogen-bond acceptors (Lipinski definition) is 4. The van der Waals surface area contributed by atoms with E-state index >= 15 is 0 Å². The fraction of sp³-hybridized carbons (Fsp3) is 0.250. The maximum atomic E-state index is 13.1. The molecule has 88 valence electrons. The van der Waals surface area contributed by atoms with Crippen LogP contribution in [0.1, 0.15) is 29.2 Å². The Morgan fingerprint density at radius 2 is 2.35 bits per heavy atom. The lowest BCUT2D eigenvalue weighted by Gasteiger charge is -2.28. The Kier molecular flexibility index (Phi) is 2.57. The lowest BCUT2D eigenvalue weighted by atomic mass is 9.99. The van der Waals surface area contributed by atoms with Crippen molar-refractivity contribution in [3.05, 3.63) is 46.2 Å². The first-order chi connectivity index (χ1) is 8.24. The fourth-order valence-corrected chi connectivity index (χ4v) is 2.64. The van der Waals surface area contributed by atoms with E-state index in [-0.39, 0.29) is 11.9 Å². The van der Waals surface area contributed by atoms with Crippen LogP contribution < -0.4 is 4.74 Å². The first-order valence-corrected chi connectivity index (χ1v) is 6.15. The number of hydrogen-bond donors (Lipinski definition) is 1. The van der Waals surface area contributed by atoms with Crippen LogP contribution in [0.5, 0.6) is 5.75 Å². The zero-order valence-corrected chi connectivity index (χ0v) is 9.65. The summed E-state index contributed by atoms with van der Waals surface area (Å²) in [4.78, 5) is 4.16. The van der Waals surface area contributed by atoms with Gasteiger partial charge in [0.2, 0.25) is 0 Å². The van der Waals surface area contributed by atoms with Gasteiger partial charge in [-0.2, -0.15) is 0 Å². The second kappa shape index (κ2) is 4.09. The van der Waals surface area contributed by atoms with E-state index < -0.39 is 6.10 Å². The molecule has 2 atom stereocenters. The van der Waals surface area contributed by atoms with E-state index in [1.54, 1.807) is 12.3 Å². The highest BCUT2D eigenvalue weighted by Crippen LogP contribution is 2.41. The monoisotopic (exact) mass is 251 g/mol. The molecular weight excluding hydrogens is 241 g/mol. The molecule has 1 aliphatic rings. The Hall–Kier alpha value is -1.46. The maximum absolute atomic E-state index is 13.1. The fourth-order valence-electron chi connectivity index (χ4n) is 1.96. The van der Waals surface area contributed by atoms with Crippen molar-refractivity contribution in [2.75, 3.05) is 0 Å². The van der Waals surface area contributed by atoms with Gasteiger partial charge in [-0.3, -0.25) is 0 Å². The molecule has 2 unspecified atom stereocenters. The molecule has 3 nitrogen and oxygen atoms in total. The summed E-state index contributed by atoms with van der Waals surface area (Å²) in [7, 11) is 0. The highest BCUT2D eigenvalue weighted by Gasteiger charge is 2.29. The number of aromatic nitrogens is 1. The zero-order valence-electron chi connectivity index (χ0n) is 8.84. The van der Waals surface area contributed by atoms with Gasteiger partial charge in [0.1, 0.15) is 16.6 Å². The standard InChI is InChI=1S/C12H10FNO2S/c13-7-1-2-8-9(15)6-11(16-10(8)5-7)12-14-3-4-17-12/h1-5,9,11,15H,6H2. The van der Waals surface area contributed by atoms with E-state index in [0.717, 1.165) is 5.01 Å². The summed E-state index contributed by atoms with van der Waals surface area (Å²) in [5.74, 6) is 0.0414. The average molecular weight is 251 g/mol. The van der Waals surface area contributed by atoms with Crippen molar-refractivity contribution in [1.82, 2.24) is 4.98 Å². The molecule has 1 aromatic carbocycles. The molecule has 0 bridgehead atoms. The Labute approximate surface area is 102 Å². The topological polar surface area (TPSA) is 42.4 Å². The largest absolute Gasteiger partial charge is 0.483 e. The van der Waals surface area contributed by atoms with Gasteiger partial charge in [-0.1, -0.05) is 0 Å². The summed E-state index contributed by atoms with van der Waals surface area (Å²) in [6.45, 7) is 0. The number of rotatable bonds is 1. The lowest BCUT2D eigenvalue weighted by Crippen LogP contribution is -2.19. The number of nitrogens with zero attached hydrogens (tertiary/aromatic N) is 1. The maximum Gasteiger partial charge on any atom is 0.153 e. The van der Waals surface area contributed by atoms with E-state index in [4.69, 9.17) is 4.74 Å². The first kappa shape index (κ1) is 10.7. The summed E-state index contributed by atoms with van der Waals surface area (Å²) in [6, 6.07) is 4.20. The molecule has 0 saturated carbocycles. The summed E-state index contributed by atoms with van der Waals surface area (Å²) in [5.41, 5.74) is 0.638. The molecule has 0 radical (unpaired) electrons. The normalized spacial score (nSPS) is 22.9. The summed E-state index contributed by atoms with van der Waals surface area (Å²) >= 11 is 1.47. The van der Waals surface area contributed by atoms with Crippen molar-refractivity contribution in [1.29, 1.82) is 0 Å². The minimum absolute atomic E-state index is 0.292. The second-order valence-corrected chi connectivity index (χ2v) is 4.84. The quantitative estimate of drug-likeness (QED) is 0.847. The number of fused-ring (bicyclic) bond motifs is 1. The average Bonchev–Trinajstić information content (AvgIpc) is 2.81. The van der Waals surface area contributed by atoms with Gasteiger partial charge in [0.05, 0.1) is 6.10 Å². The number of aliphatic hydroxyl groups is 1. The Morgan fingerprint density at radius 1 is 1.47 bits per heavy atom. The number of halogens is 1. The van der Waals surface area contributed by atoms with Gasteiger partial charge in [0, 0.05) is 29.6 Å². The van der Waals surface area contributed by atoms with Crippen LogP contribution in [-0.4, -0.2) is 10.1 Å². The Morgan fingerprint density at radius 3 is 3.12 bits per heavy atom. The van der Waals surface area contributed by atoms with Gasteiger partial charge < -0.3 is 9.84 Å².